The van der Waals surface area contributed by atoms with Crippen LogP contribution >= 0.6 is 11.3 Å². The molecule has 5 nitrogen and oxygen atoms in total. The number of methoxy groups -OCH3 is 1. The Balaban J connectivity index is 2.01. The van der Waals surface area contributed by atoms with Crippen LogP contribution in [0.25, 0.3) is 11.3 Å². The molecular weight excluding hydrogens is 374 g/mol. The molecule has 3 aromatic heterocycles. The van der Waals surface area contributed by atoms with Crippen molar-refractivity contribution in [1.29, 1.82) is 0 Å². The highest BCUT2D eigenvalue weighted by atomic mass is 32.1. The minimum absolute atomic E-state index is 0.218. The van der Waals surface area contributed by atoms with E-state index in [2.05, 4.69) is 9.97 Å². The molecule has 1 unspecified atom stereocenters. The van der Waals surface area contributed by atoms with Crippen molar-refractivity contribution in [2.24, 2.45) is 0 Å². The third-order valence-electron chi connectivity index (χ3n) is 3.87. The number of pyridine rings is 2. The Morgan fingerprint density at radius 2 is 1.89 bits per heavy atom. The molecule has 0 amide bonds. The first-order valence-electron chi connectivity index (χ1n) is 8.00. The van der Waals surface area contributed by atoms with Crippen LogP contribution in [0.5, 0.6) is 5.75 Å². The zero-order valence-electron chi connectivity index (χ0n) is 14.8. The zero-order chi connectivity index (χ0) is 19.6. The molecule has 140 valence electrons. The highest BCUT2D eigenvalue weighted by Crippen LogP contribution is 2.35. The van der Waals surface area contributed by atoms with E-state index in [4.69, 9.17) is 9.47 Å². The number of thiophene rings is 1. The van der Waals surface area contributed by atoms with Crippen molar-refractivity contribution in [2.75, 3.05) is 7.11 Å². The normalized spacial score (nSPS) is 11.9. The van der Waals surface area contributed by atoms with Gasteiger partial charge in [0, 0.05) is 22.1 Å². The lowest BCUT2D eigenvalue weighted by Gasteiger charge is -2.18. The number of hydrogen-bond acceptors (Lipinski definition) is 6. The van der Waals surface area contributed by atoms with Gasteiger partial charge < -0.3 is 9.47 Å². The first kappa shape index (κ1) is 18.9. The van der Waals surface area contributed by atoms with E-state index < -0.39 is 23.7 Å². The van der Waals surface area contributed by atoms with Crippen molar-refractivity contribution in [2.45, 2.75) is 20.0 Å². The molecule has 0 spiro atoms. The summed E-state index contributed by atoms with van der Waals surface area (Å²) in [5, 5.41) is 0. The Hall–Kier alpha value is -2.87. The molecule has 0 N–H and O–H groups in total. The molecule has 1 atom stereocenters. The Morgan fingerprint density at radius 3 is 2.59 bits per heavy atom. The van der Waals surface area contributed by atoms with E-state index in [9.17, 15) is 13.6 Å². The van der Waals surface area contributed by atoms with Gasteiger partial charge in [-0.05, 0) is 26.0 Å². The van der Waals surface area contributed by atoms with Crippen molar-refractivity contribution in [3.8, 4) is 17.0 Å². The quantitative estimate of drug-likeness (QED) is 0.590. The Labute approximate surface area is 158 Å². The van der Waals surface area contributed by atoms with E-state index in [1.165, 1.54) is 36.8 Å². The molecule has 0 aromatic carbocycles. The number of hydrogen-bond donors (Lipinski definition) is 0. The summed E-state index contributed by atoms with van der Waals surface area (Å²) >= 11 is 1.26. The topological polar surface area (TPSA) is 61.3 Å². The molecule has 0 saturated heterocycles. The van der Waals surface area contributed by atoms with E-state index in [0.29, 0.717) is 21.7 Å². The van der Waals surface area contributed by atoms with Crippen LogP contribution in [-0.4, -0.2) is 23.0 Å². The fraction of sp³-hybridized carbons (Fsp3) is 0.211. The molecule has 0 fully saturated rings. The second-order valence-corrected chi connectivity index (χ2v) is 7.02. The molecule has 27 heavy (non-hydrogen) atoms. The molecule has 0 aliphatic heterocycles. The minimum atomic E-state index is -0.632. The summed E-state index contributed by atoms with van der Waals surface area (Å²) in [4.78, 5) is 21.0. The highest BCUT2D eigenvalue weighted by molar-refractivity contribution is 7.14. The van der Waals surface area contributed by atoms with Crippen LogP contribution in [0, 0.1) is 18.6 Å². The van der Waals surface area contributed by atoms with Crippen LogP contribution < -0.4 is 4.74 Å². The van der Waals surface area contributed by atoms with Crippen LogP contribution in [-0.2, 0) is 4.74 Å². The number of aryl methyl sites for hydroxylation is 1. The summed E-state index contributed by atoms with van der Waals surface area (Å²) in [7, 11) is 1.31. The number of halogens is 2. The number of carbonyl (C=O) groups is 1. The lowest BCUT2D eigenvalue weighted by molar-refractivity contribution is 0.0606. The lowest BCUT2D eigenvalue weighted by Crippen LogP contribution is -2.07. The summed E-state index contributed by atoms with van der Waals surface area (Å²) in [5.74, 6) is -1.29. The molecule has 0 bridgehead atoms. The highest BCUT2D eigenvalue weighted by Gasteiger charge is 2.21. The van der Waals surface area contributed by atoms with Gasteiger partial charge in [0.1, 0.15) is 28.4 Å². The molecule has 0 radical (unpaired) electrons. The van der Waals surface area contributed by atoms with Crippen molar-refractivity contribution < 1.29 is 23.0 Å². The van der Waals surface area contributed by atoms with Crippen LogP contribution in [0.3, 0.4) is 0 Å². The maximum absolute atomic E-state index is 13.9. The van der Waals surface area contributed by atoms with Crippen LogP contribution in [0.15, 0.2) is 36.8 Å². The van der Waals surface area contributed by atoms with Gasteiger partial charge in [0.15, 0.2) is 0 Å². The number of carbonyl (C=O) groups excluding carboxylic acids is 1. The largest absolute Gasteiger partial charge is 0.484 e. The number of esters is 1. The molecule has 0 saturated carbocycles. The van der Waals surface area contributed by atoms with Gasteiger partial charge in [-0.25, -0.2) is 13.6 Å². The second-order valence-electron chi connectivity index (χ2n) is 5.76. The molecule has 8 heteroatoms. The number of nitrogens with zero attached hydrogens (tertiary/aromatic N) is 2. The Morgan fingerprint density at radius 1 is 1.15 bits per heavy atom. The predicted molar refractivity (Wildman–Crippen MR) is 96.8 cm³/mol. The maximum Gasteiger partial charge on any atom is 0.348 e. The van der Waals surface area contributed by atoms with Crippen molar-refractivity contribution in [3.63, 3.8) is 0 Å². The summed E-state index contributed by atoms with van der Waals surface area (Å²) in [6.07, 6.45) is 2.91. The van der Waals surface area contributed by atoms with E-state index in [1.54, 1.807) is 13.0 Å². The SMILES string of the molecule is COC(=O)c1cc(-c2ncc(F)cc2C(C)Oc2cncc(F)c2)c(C)s1. The second kappa shape index (κ2) is 7.79. The number of rotatable bonds is 5. The number of ether oxygens (including phenoxy) is 2. The van der Waals surface area contributed by atoms with Crippen molar-refractivity contribution >= 4 is 17.3 Å². The molecule has 0 aliphatic rings. The lowest BCUT2D eigenvalue weighted by atomic mass is 10.0. The average Bonchev–Trinajstić information content (AvgIpc) is 3.02. The molecule has 3 heterocycles. The summed E-state index contributed by atoms with van der Waals surface area (Å²) in [5.41, 5.74) is 1.64. The van der Waals surface area contributed by atoms with E-state index in [0.717, 1.165) is 17.3 Å². The molecule has 3 rings (SSSR count). The van der Waals surface area contributed by atoms with E-state index >= 15 is 0 Å². The van der Waals surface area contributed by atoms with Gasteiger partial charge in [0.05, 0.1) is 31.4 Å². The van der Waals surface area contributed by atoms with Gasteiger partial charge >= 0.3 is 5.97 Å². The van der Waals surface area contributed by atoms with E-state index in [1.807, 2.05) is 6.92 Å². The predicted octanol–water partition coefficient (Wildman–Crippen LogP) is 4.72. The fourth-order valence-electron chi connectivity index (χ4n) is 2.63. The third kappa shape index (κ3) is 4.11. The smallest absolute Gasteiger partial charge is 0.348 e. The van der Waals surface area contributed by atoms with Crippen LogP contribution in [0.1, 0.15) is 33.1 Å². The first-order valence-corrected chi connectivity index (χ1v) is 8.82. The Bertz CT molecular complexity index is 991. The fourth-order valence-corrected chi connectivity index (χ4v) is 3.57. The summed E-state index contributed by atoms with van der Waals surface area (Å²) in [6.45, 7) is 3.54. The van der Waals surface area contributed by atoms with Crippen molar-refractivity contribution in [1.82, 2.24) is 9.97 Å². The first-order chi connectivity index (χ1) is 12.9. The minimum Gasteiger partial charge on any atom is -0.484 e. The van der Waals surface area contributed by atoms with Gasteiger partial charge in [-0.1, -0.05) is 0 Å². The van der Waals surface area contributed by atoms with Crippen LogP contribution in [0.4, 0.5) is 8.78 Å². The molecular formula is C19H16F2N2O3S. The number of aromatic nitrogens is 2. The Kier molecular flexibility index (Phi) is 5.46. The zero-order valence-corrected chi connectivity index (χ0v) is 15.6. The summed E-state index contributed by atoms with van der Waals surface area (Å²) < 4.78 is 37.7. The third-order valence-corrected chi connectivity index (χ3v) is 4.90. The molecule has 0 aliphatic carbocycles. The summed E-state index contributed by atoms with van der Waals surface area (Å²) in [6, 6.07) is 4.17. The van der Waals surface area contributed by atoms with Crippen molar-refractivity contribution in [3.05, 3.63) is 63.7 Å². The monoisotopic (exact) mass is 390 g/mol. The standard InChI is InChI=1S/C19H16F2N2O3S/c1-10(26-14-4-12(20)7-22-9-14)15-5-13(21)8-23-18(15)16-6-17(19(24)25-3)27-11(16)2/h4-10H,1-3H3. The van der Waals surface area contributed by atoms with Gasteiger partial charge in [-0.3, -0.25) is 9.97 Å². The van der Waals surface area contributed by atoms with Gasteiger partial charge in [-0.15, -0.1) is 11.3 Å². The average molecular weight is 390 g/mol. The van der Waals surface area contributed by atoms with Crippen LogP contribution in [0.2, 0.25) is 0 Å². The van der Waals surface area contributed by atoms with E-state index in [-0.39, 0.29) is 5.75 Å². The van der Waals surface area contributed by atoms with Gasteiger partial charge in [0.25, 0.3) is 0 Å². The maximum atomic E-state index is 13.9. The molecule has 3 aromatic rings. The van der Waals surface area contributed by atoms with Gasteiger partial charge in [0.2, 0.25) is 0 Å². The van der Waals surface area contributed by atoms with Gasteiger partial charge in [-0.2, -0.15) is 0 Å².